The second-order valence-electron chi connectivity index (χ2n) is 6.94. The van der Waals surface area contributed by atoms with Gasteiger partial charge in [0.2, 0.25) is 15.9 Å². The second-order valence-corrected chi connectivity index (χ2v) is 8.81. The lowest BCUT2D eigenvalue weighted by atomic mass is 9.97. The predicted molar refractivity (Wildman–Crippen MR) is 100 cm³/mol. The van der Waals surface area contributed by atoms with E-state index in [1.165, 1.54) is 30.5 Å². The van der Waals surface area contributed by atoms with Crippen LogP contribution in [-0.4, -0.2) is 32.5 Å². The topological polar surface area (TPSA) is 83.6 Å². The Bertz CT molecular complexity index is 828. The van der Waals surface area contributed by atoms with Crippen molar-refractivity contribution in [3.63, 3.8) is 0 Å². The molecule has 1 atom stereocenters. The summed E-state index contributed by atoms with van der Waals surface area (Å²) in [4.78, 5) is 24.3. The molecule has 140 valence electrons. The van der Waals surface area contributed by atoms with Crippen LogP contribution >= 0.6 is 0 Å². The van der Waals surface area contributed by atoms with Crippen molar-refractivity contribution < 1.29 is 18.0 Å². The Hall–Kier alpha value is -2.15. The highest BCUT2D eigenvalue weighted by molar-refractivity contribution is 7.94. The number of benzene rings is 1. The van der Waals surface area contributed by atoms with Crippen molar-refractivity contribution in [3.8, 4) is 0 Å². The fourth-order valence-electron chi connectivity index (χ4n) is 3.41. The van der Waals surface area contributed by atoms with Crippen LogP contribution in [0.3, 0.4) is 0 Å². The van der Waals surface area contributed by atoms with Gasteiger partial charge in [0.05, 0.1) is 17.4 Å². The standard InChI is InChI=1S/C19H24N2O4S/c1-14-13-26(24,25)21(19(14)23)17-9-7-16(8-10-17)18(22)20-12-11-15-5-3-2-4-6-15/h5,7-10,14H,2-4,6,11-13H2,1H3,(H,20,22). The molecular weight excluding hydrogens is 352 g/mol. The van der Waals surface area contributed by atoms with E-state index in [2.05, 4.69) is 11.4 Å². The SMILES string of the molecule is CC1CS(=O)(=O)N(c2ccc(C(=O)NCCC3=CCCCC3)cc2)C1=O. The van der Waals surface area contributed by atoms with Crippen molar-refractivity contribution in [2.75, 3.05) is 16.6 Å². The zero-order valence-electron chi connectivity index (χ0n) is 14.9. The summed E-state index contributed by atoms with van der Waals surface area (Å²) in [6, 6.07) is 6.12. The van der Waals surface area contributed by atoms with E-state index in [9.17, 15) is 18.0 Å². The molecule has 1 unspecified atom stereocenters. The van der Waals surface area contributed by atoms with Gasteiger partial charge in [-0.25, -0.2) is 12.7 Å². The molecule has 2 amide bonds. The van der Waals surface area contributed by atoms with E-state index in [4.69, 9.17) is 0 Å². The van der Waals surface area contributed by atoms with Gasteiger partial charge in [0.15, 0.2) is 0 Å². The Labute approximate surface area is 154 Å². The van der Waals surface area contributed by atoms with Crippen LogP contribution in [0.5, 0.6) is 0 Å². The van der Waals surface area contributed by atoms with E-state index < -0.39 is 21.8 Å². The van der Waals surface area contributed by atoms with Gasteiger partial charge in [0, 0.05) is 12.1 Å². The van der Waals surface area contributed by atoms with E-state index >= 15 is 0 Å². The number of anilines is 1. The smallest absolute Gasteiger partial charge is 0.251 e. The first-order valence-corrected chi connectivity index (χ1v) is 10.6. The maximum absolute atomic E-state index is 12.2. The number of sulfonamides is 1. The number of nitrogens with one attached hydrogen (secondary N) is 1. The number of carbonyl (C=O) groups is 2. The zero-order chi connectivity index (χ0) is 18.7. The number of amides is 2. The molecule has 0 radical (unpaired) electrons. The summed E-state index contributed by atoms with van der Waals surface area (Å²) in [7, 11) is -3.62. The summed E-state index contributed by atoms with van der Waals surface area (Å²) >= 11 is 0. The molecule has 1 aliphatic heterocycles. The van der Waals surface area contributed by atoms with Crippen LogP contribution in [-0.2, 0) is 14.8 Å². The molecule has 1 aliphatic carbocycles. The van der Waals surface area contributed by atoms with Crippen LogP contribution in [0.25, 0.3) is 0 Å². The van der Waals surface area contributed by atoms with Crippen molar-refractivity contribution in [1.82, 2.24) is 5.32 Å². The average molecular weight is 376 g/mol. The Morgan fingerprint density at radius 3 is 2.54 bits per heavy atom. The summed E-state index contributed by atoms with van der Waals surface area (Å²) in [5, 5.41) is 2.89. The van der Waals surface area contributed by atoms with Gasteiger partial charge >= 0.3 is 0 Å². The minimum atomic E-state index is -3.62. The molecule has 1 saturated heterocycles. The van der Waals surface area contributed by atoms with Gasteiger partial charge < -0.3 is 5.32 Å². The molecule has 1 aromatic carbocycles. The quantitative estimate of drug-likeness (QED) is 0.801. The molecule has 26 heavy (non-hydrogen) atoms. The summed E-state index contributed by atoms with van der Waals surface area (Å²) < 4.78 is 25.1. The number of carbonyl (C=O) groups excluding carboxylic acids is 2. The van der Waals surface area contributed by atoms with Crippen molar-refractivity contribution in [2.24, 2.45) is 5.92 Å². The fourth-order valence-corrected chi connectivity index (χ4v) is 5.23. The van der Waals surface area contributed by atoms with E-state index in [1.807, 2.05) is 0 Å². The van der Waals surface area contributed by atoms with Crippen LogP contribution in [0.1, 0.15) is 49.4 Å². The second kappa shape index (κ2) is 7.61. The molecule has 6 nitrogen and oxygen atoms in total. The first-order chi connectivity index (χ1) is 12.4. The fraction of sp³-hybridized carbons (Fsp3) is 0.474. The van der Waals surface area contributed by atoms with Gasteiger partial charge in [-0.1, -0.05) is 18.6 Å². The Kier molecular flexibility index (Phi) is 5.46. The van der Waals surface area contributed by atoms with Gasteiger partial charge in [-0.05, 0) is 56.4 Å². The Balaban J connectivity index is 1.61. The van der Waals surface area contributed by atoms with Crippen molar-refractivity contribution in [3.05, 3.63) is 41.5 Å². The molecule has 1 aromatic rings. The Morgan fingerprint density at radius 2 is 1.96 bits per heavy atom. The summed E-state index contributed by atoms with van der Waals surface area (Å²) in [5.41, 5.74) is 2.13. The molecule has 2 aliphatic rings. The molecule has 0 aromatic heterocycles. The van der Waals surface area contributed by atoms with Gasteiger partial charge in [0.1, 0.15) is 0 Å². The first-order valence-electron chi connectivity index (χ1n) is 9.01. The van der Waals surface area contributed by atoms with Gasteiger partial charge in [0.25, 0.3) is 5.91 Å². The summed E-state index contributed by atoms with van der Waals surface area (Å²) in [5.74, 6) is -1.35. The van der Waals surface area contributed by atoms with Gasteiger partial charge in [-0.3, -0.25) is 9.59 Å². The highest BCUT2D eigenvalue weighted by Gasteiger charge is 2.41. The molecule has 1 heterocycles. The number of rotatable bonds is 5. The molecule has 7 heteroatoms. The van der Waals surface area contributed by atoms with E-state index in [0.717, 1.165) is 23.6 Å². The van der Waals surface area contributed by atoms with Crippen molar-refractivity contribution in [1.29, 1.82) is 0 Å². The van der Waals surface area contributed by atoms with Gasteiger partial charge in [-0.2, -0.15) is 0 Å². The number of hydrogen-bond acceptors (Lipinski definition) is 4. The Morgan fingerprint density at radius 1 is 1.23 bits per heavy atom. The lowest BCUT2D eigenvalue weighted by Gasteiger charge is -2.16. The third-order valence-corrected chi connectivity index (χ3v) is 6.71. The molecule has 1 N–H and O–H groups in total. The summed E-state index contributed by atoms with van der Waals surface area (Å²) in [6.45, 7) is 2.19. The van der Waals surface area contributed by atoms with Crippen LogP contribution in [0.2, 0.25) is 0 Å². The minimum Gasteiger partial charge on any atom is -0.352 e. The lowest BCUT2D eigenvalue weighted by Crippen LogP contribution is -2.30. The predicted octanol–water partition coefficient (Wildman–Crippen LogP) is 2.62. The number of hydrogen-bond donors (Lipinski definition) is 1. The largest absolute Gasteiger partial charge is 0.352 e. The summed E-state index contributed by atoms with van der Waals surface area (Å²) in [6.07, 6.45) is 7.83. The number of nitrogens with zero attached hydrogens (tertiary/aromatic N) is 1. The van der Waals surface area contributed by atoms with Crippen LogP contribution in [0, 0.1) is 5.92 Å². The highest BCUT2D eigenvalue weighted by atomic mass is 32.2. The molecule has 0 spiro atoms. The lowest BCUT2D eigenvalue weighted by molar-refractivity contribution is -0.119. The molecule has 0 saturated carbocycles. The van der Waals surface area contributed by atoms with Crippen LogP contribution < -0.4 is 9.62 Å². The highest BCUT2D eigenvalue weighted by Crippen LogP contribution is 2.28. The minimum absolute atomic E-state index is 0.177. The van der Waals surface area contributed by atoms with E-state index in [0.29, 0.717) is 12.1 Å². The molecular formula is C19H24N2O4S. The van der Waals surface area contributed by atoms with Crippen LogP contribution in [0.4, 0.5) is 5.69 Å². The molecule has 1 fully saturated rings. The first kappa shape index (κ1) is 18.6. The van der Waals surface area contributed by atoms with Crippen LogP contribution in [0.15, 0.2) is 35.9 Å². The number of allylic oxidation sites excluding steroid dienone is 1. The van der Waals surface area contributed by atoms with Crippen molar-refractivity contribution >= 4 is 27.5 Å². The normalized spacial score (nSPS) is 22.2. The maximum atomic E-state index is 12.2. The monoisotopic (exact) mass is 376 g/mol. The van der Waals surface area contributed by atoms with E-state index in [1.54, 1.807) is 19.1 Å². The average Bonchev–Trinajstić information content (AvgIpc) is 2.83. The zero-order valence-corrected chi connectivity index (χ0v) is 15.7. The molecule has 0 bridgehead atoms. The maximum Gasteiger partial charge on any atom is 0.251 e. The van der Waals surface area contributed by atoms with Gasteiger partial charge in [-0.15, -0.1) is 0 Å². The third kappa shape index (κ3) is 3.98. The third-order valence-electron chi connectivity index (χ3n) is 4.84. The molecule has 3 rings (SSSR count). The van der Waals surface area contributed by atoms with Crippen molar-refractivity contribution in [2.45, 2.75) is 39.0 Å². The van der Waals surface area contributed by atoms with E-state index in [-0.39, 0.29) is 17.3 Å².